The molecule has 0 atom stereocenters. The Kier molecular flexibility index (Phi) is 5.53. The van der Waals surface area contributed by atoms with E-state index in [0.717, 1.165) is 54.7 Å². The van der Waals surface area contributed by atoms with Gasteiger partial charge in [0.2, 0.25) is 5.91 Å². The number of hydrogen-bond acceptors (Lipinski definition) is 3. The second kappa shape index (κ2) is 8.40. The fourth-order valence-corrected chi connectivity index (χ4v) is 3.88. The summed E-state index contributed by atoms with van der Waals surface area (Å²) < 4.78 is 1.85. The van der Waals surface area contributed by atoms with Crippen molar-refractivity contribution in [1.29, 1.82) is 0 Å². The van der Waals surface area contributed by atoms with Gasteiger partial charge in [0.05, 0.1) is 5.52 Å². The van der Waals surface area contributed by atoms with Crippen LogP contribution in [0, 0.1) is 5.92 Å². The molecule has 1 N–H and O–H groups in total. The average molecular weight is 375 g/mol. The van der Waals surface area contributed by atoms with Crippen LogP contribution in [0.4, 0.5) is 0 Å². The van der Waals surface area contributed by atoms with Crippen LogP contribution >= 0.6 is 0 Å². The molecular weight excluding hydrogens is 350 g/mol. The van der Waals surface area contributed by atoms with Crippen LogP contribution in [0.3, 0.4) is 0 Å². The first-order chi connectivity index (χ1) is 13.8. The van der Waals surface area contributed by atoms with Crippen molar-refractivity contribution in [1.82, 2.24) is 14.5 Å². The number of piperidine rings is 1. The highest BCUT2D eigenvalue weighted by molar-refractivity contribution is 5.95. The highest BCUT2D eigenvalue weighted by Crippen LogP contribution is 2.27. The number of pyridine rings is 1. The van der Waals surface area contributed by atoms with Crippen LogP contribution in [0.15, 0.2) is 60.8 Å². The smallest absolute Gasteiger partial charge is 0.246 e. The van der Waals surface area contributed by atoms with Crippen molar-refractivity contribution >= 4 is 17.5 Å². The minimum Gasteiger partial charge on any atom is -0.396 e. The van der Waals surface area contributed by atoms with Crippen molar-refractivity contribution in [3.8, 4) is 11.3 Å². The maximum atomic E-state index is 12.7. The van der Waals surface area contributed by atoms with Gasteiger partial charge in [-0.25, -0.2) is 4.52 Å². The van der Waals surface area contributed by atoms with E-state index in [1.165, 1.54) is 0 Å². The van der Waals surface area contributed by atoms with Crippen molar-refractivity contribution < 1.29 is 9.90 Å². The molecule has 1 saturated heterocycles. The zero-order chi connectivity index (χ0) is 19.3. The summed E-state index contributed by atoms with van der Waals surface area (Å²) in [7, 11) is 0. The van der Waals surface area contributed by atoms with E-state index in [1.54, 1.807) is 6.08 Å². The summed E-state index contributed by atoms with van der Waals surface area (Å²) in [6, 6.07) is 16.0. The van der Waals surface area contributed by atoms with E-state index < -0.39 is 0 Å². The number of benzene rings is 1. The molecule has 28 heavy (non-hydrogen) atoms. The van der Waals surface area contributed by atoms with Crippen molar-refractivity contribution in [2.24, 2.45) is 5.92 Å². The Morgan fingerprint density at radius 3 is 2.61 bits per heavy atom. The summed E-state index contributed by atoms with van der Waals surface area (Å²) in [6.45, 7) is 1.75. The Bertz CT molecular complexity index is 970. The lowest BCUT2D eigenvalue weighted by molar-refractivity contribution is -0.127. The Labute approximate surface area is 164 Å². The Morgan fingerprint density at radius 1 is 1.11 bits per heavy atom. The molecule has 3 heterocycles. The maximum absolute atomic E-state index is 12.7. The second-order valence-electron chi connectivity index (χ2n) is 7.27. The lowest BCUT2D eigenvalue weighted by Crippen LogP contribution is -2.37. The fraction of sp³-hybridized carbons (Fsp3) is 0.304. The molecule has 5 nitrogen and oxygen atoms in total. The summed E-state index contributed by atoms with van der Waals surface area (Å²) in [4.78, 5) is 14.6. The van der Waals surface area contributed by atoms with Gasteiger partial charge in [-0.2, -0.15) is 5.10 Å². The van der Waals surface area contributed by atoms with E-state index in [0.29, 0.717) is 5.92 Å². The molecule has 0 saturated carbocycles. The normalized spacial score (nSPS) is 15.5. The van der Waals surface area contributed by atoms with Crippen LogP contribution in [0.25, 0.3) is 22.9 Å². The molecule has 1 aliphatic heterocycles. The molecule has 3 aromatic rings. The SMILES string of the molecule is O=C(/C=C/c1c(-c2ccccc2)nn2ccccc12)N1CCC(CCO)CC1. The van der Waals surface area contributed by atoms with Crippen molar-refractivity contribution in [2.45, 2.75) is 19.3 Å². The van der Waals surface area contributed by atoms with Gasteiger partial charge in [-0.1, -0.05) is 36.4 Å². The van der Waals surface area contributed by atoms with Crippen LogP contribution in [-0.4, -0.2) is 45.2 Å². The molecule has 0 aliphatic carbocycles. The number of carbonyl (C=O) groups is 1. The molecule has 2 aromatic heterocycles. The number of aliphatic hydroxyl groups excluding tert-OH is 1. The standard InChI is InChI=1S/C23H25N3O2/c27-17-13-18-11-15-25(16-12-18)22(28)10-9-20-21-8-4-5-14-26(21)24-23(20)19-6-2-1-3-7-19/h1-10,14,18,27H,11-13,15-17H2/b10-9+. The molecule has 4 rings (SSSR count). The summed E-state index contributed by atoms with van der Waals surface area (Å²) in [5.74, 6) is 0.569. The highest BCUT2D eigenvalue weighted by atomic mass is 16.3. The van der Waals surface area contributed by atoms with Gasteiger partial charge in [0.1, 0.15) is 5.69 Å². The van der Waals surface area contributed by atoms with E-state index in [1.807, 2.05) is 70.2 Å². The molecule has 0 bridgehead atoms. The van der Waals surface area contributed by atoms with E-state index in [4.69, 9.17) is 10.2 Å². The number of hydrogen-bond donors (Lipinski definition) is 1. The summed E-state index contributed by atoms with van der Waals surface area (Å²) >= 11 is 0. The Hall–Kier alpha value is -2.92. The molecule has 0 unspecified atom stereocenters. The molecule has 144 valence electrons. The van der Waals surface area contributed by atoms with Crippen LogP contribution < -0.4 is 0 Å². The fourth-order valence-electron chi connectivity index (χ4n) is 3.88. The summed E-state index contributed by atoms with van der Waals surface area (Å²) in [5.41, 5.74) is 3.84. The third-order valence-corrected chi connectivity index (χ3v) is 5.48. The average Bonchev–Trinajstić information content (AvgIpc) is 3.12. The molecule has 5 heteroatoms. The van der Waals surface area contributed by atoms with Crippen LogP contribution in [0.5, 0.6) is 0 Å². The van der Waals surface area contributed by atoms with Crippen LogP contribution in [0.1, 0.15) is 24.8 Å². The number of amides is 1. The van der Waals surface area contributed by atoms with E-state index >= 15 is 0 Å². The lowest BCUT2D eigenvalue weighted by atomic mass is 9.94. The zero-order valence-electron chi connectivity index (χ0n) is 15.9. The minimum atomic E-state index is 0.0386. The first kappa shape index (κ1) is 18.4. The van der Waals surface area contributed by atoms with Crippen molar-refractivity contribution in [2.75, 3.05) is 19.7 Å². The largest absolute Gasteiger partial charge is 0.396 e. The second-order valence-corrected chi connectivity index (χ2v) is 7.27. The first-order valence-corrected chi connectivity index (χ1v) is 9.87. The van der Waals surface area contributed by atoms with Gasteiger partial charge in [0.15, 0.2) is 0 Å². The number of rotatable bonds is 5. The van der Waals surface area contributed by atoms with Gasteiger partial charge in [0.25, 0.3) is 0 Å². The van der Waals surface area contributed by atoms with Gasteiger partial charge >= 0.3 is 0 Å². The first-order valence-electron chi connectivity index (χ1n) is 9.87. The van der Waals surface area contributed by atoms with E-state index in [-0.39, 0.29) is 12.5 Å². The van der Waals surface area contributed by atoms with Crippen molar-refractivity contribution in [3.05, 3.63) is 66.4 Å². The number of carbonyl (C=O) groups excluding carboxylic acids is 1. The van der Waals surface area contributed by atoms with Gasteiger partial charge in [-0.05, 0) is 43.4 Å². The molecule has 1 fully saturated rings. The van der Waals surface area contributed by atoms with Gasteiger partial charge in [-0.15, -0.1) is 0 Å². The topological polar surface area (TPSA) is 57.8 Å². The maximum Gasteiger partial charge on any atom is 0.246 e. The molecule has 0 spiro atoms. The molecule has 1 aliphatic rings. The Balaban J connectivity index is 1.58. The third-order valence-electron chi connectivity index (χ3n) is 5.48. The Morgan fingerprint density at radius 2 is 1.86 bits per heavy atom. The summed E-state index contributed by atoms with van der Waals surface area (Å²) in [5, 5.41) is 13.8. The van der Waals surface area contributed by atoms with E-state index in [2.05, 4.69) is 0 Å². The predicted octanol–water partition coefficient (Wildman–Crippen LogP) is 3.64. The zero-order valence-corrected chi connectivity index (χ0v) is 15.9. The number of aromatic nitrogens is 2. The number of nitrogens with zero attached hydrogens (tertiary/aromatic N) is 3. The van der Waals surface area contributed by atoms with Gasteiger partial charge in [-0.3, -0.25) is 4.79 Å². The highest BCUT2D eigenvalue weighted by Gasteiger charge is 2.21. The molecule has 1 aromatic carbocycles. The third kappa shape index (κ3) is 3.85. The number of likely N-dealkylation sites (tertiary alicyclic amines) is 1. The van der Waals surface area contributed by atoms with E-state index in [9.17, 15) is 4.79 Å². The molecule has 1 amide bonds. The quantitative estimate of drug-likeness (QED) is 0.693. The monoisotopic (exact) mass is 375 g/mol. The van der Waals surface area contributed by atoms with Crippen LogP contribution in [-0.2, 0) is 4.79 Å². The van der Waals surface area contributed by atoms with Gasteiger partial charge in [0, 0.05) is 43.1 Å². The van der Waals surface area contributed by atoms with Crippen LogP contribution in [0.2, 0.25) is 0 Å². The number of fused-ring (bicyclic) bond motifs is 1. The molecule has 0 radical (unpaired) electrons. The summed E-state index contributed by atoms with van der Waals surface area (Å²) in [6.07, 6.45) is 8.25. The number of aliphatic hydroxyl groups is 1. The lowest BCUT2D eigenvalue weighted by Gasteiger charge is -2.31. The van der Waals surface area contributed by atoms with Crippen molar-refractivity contribution in [3.63, 3.8) is 0 Å². The van der Waals surface area contributed by atoms with Gasteiger partial charge < -0.3 is 10.0 Å². The minimum absolute atomic E-state index is 0.0386. The molecular formula is C23H25N3O2. The predicted molar refractivity (Wildman–Crippen MR) is 111 cm³/mol.